The van der Waals surface area contributed by atoms with Crippen molar-refractivity contribution in [3.8, 4) is 0 Å². The second kappa shape index (κ2) is 2.15. The first-order valence-electron chi connectivity index (χ1n) is 1.70. The van der Waals surface area contributed by atoms with E-state index in [1.807, 2.05) is 6.66 Å². The molecule has 0 spiro atoms. The summed E-state index contributed by atoms with van der Waals surface area (Å²) < 4.78 is -0.736. The van der Waals surface area contributed by atoms with E-state index in [9.17, 15) is 0 Å². The van der Waals surface area contributed by atoms with E-state index < -0.39 is 4.67 Å². The van der Waals surface area contributed by atoms with Crippen LogP contribution in [-0.2, 0) is 0 Å². The molecule has 0 aliphatic rings. The van der Waals surface area contributed by atoms with E-state index in [0.29, 0.717) is 8.58 Å². The van der Waals surface area contributed by atoms with E-state index in [-0.39, 0.29) is 0 Å². The maximum Gasteiger partial charge on any atom is 0.120 e. The van der Waals surface area contributed by atoms with Crippen LogP contribution in [0.4, 0.5) is 0 Å². The fraction of sp³-hybridized carbons (Fsp3) is 1.00. The quantitative estimate of drug-likeness (QED) is 0.302. The molecule has 0 saturated heterocycles. The summed E-state index contributed by atoms with van der Waals surface area (Å²) in [5.74, 6) is 0. The summed E-state index contributed by atoms with van der Waals surface area (Å²) in [6, 6.07) is 0. The van der Waals surface area contributed by atoms with Gasteiger partial charge >= 0.3 is 0 Å². The number of thiol groups is 1. The molecule has 0 aliphatic carbocycles. The maximum atomic E-state index is 8.70. The average molecular weight is 124 g/mol. The molecule has 1 N–H and O–H groups in total. The molecular weight excluding hydrogens is 115 g/mol. The minimum atomic E-state index is -0.736. The molecule has 2 atom stereocenters. The van der Waals surface area contributed by atoms with Crippen LogP contribution in [0.5, 0.6) is 0 Å². The van der Waals surface area contributed by atoms with E-state index in [2.05, 4.69) is 12.6 Å². The minimum Gasteiger partial charge on any atom is -0.377 e. The molecule has 3 heteroatoms. The lowest BCUT2D eigenvalue weighted by atomic mass is 10.9. The molecule has 2 unspecified atom stereocenters. The van der Waals surface area contributed by atoms with Crippen LogP contribution in [-0.4, -0.2) is 16.4 Å². The Bertz CT molecular complexity index is 40.5. The zero-order chi connectivity index (χ0) is 5.21. The van der Waals surface area contributed by atoms with Gasteiger partial charge in [-0.1, -0.05) is 8.58 Å². The molecule has 0 rings (SSSR count). The number of hydrogen-bond acceptors (Lipinski definition) is 2. The summed E-state index contributed by atoms with van der Waals surface area (Å²) in [5, 5.41) is 8.70. The highest BCUT2D eigenvalue weighted by atomic mass is 32.1. The second-order valence-corrected chi connectivity index (χ2v) is 4.04. The van der Waals surface area contributed by atoms with Gasteiger partial charge in [-0.2, -0.15) is 0 Å². The molecular formula is C3H9OPS. The molecule has 0 bridgehead atoms. The van der Waals surface area contributed by atoms with Crippen LogP contribution in [0.3, 0.4) is 0 Å². The smallest absolute Gasteiger partial charge is 0.120 e. The van der Waals surface area contributed by atoms with Crippen molar-refractivity contribution in [1.82, 2.24) is 0 Å². The van der Waals surface area contributed by atoms with Gasteiger partial charge in [0.2, 0.25) is 0 Å². The van der Waals surface area contributed by atoms with Gasteiger partial charge in [0.05, 0.1) is 0 Å². The summed E-state index contributed by atoms with van der Waals surface area (Å²) in [7, 11) is 0.487. The zero-order valence-corrected chi connectivity index (χ0v) is 5.79. The van der Waals surface area contributed by atoms with Crippen molar-refractivity contribution >= 4 is 21.2 Å². The Kier molecular flexibility index (Phi) is 2.42. The van der Waals surface area contributed by atoms with Crippen molar-refractivity contribution in [3.63, 3.8) is 0 Å². The third-order valence-corrected chi connectivity index (χ3v) is 2.09. The van der Waals surface area contributed by atoms with Gasteiger partial charge in [0.15, 0.2) is 0 Å². The van der Waals surface area contributed by atoms with Crippen LogP contribution >= 0.6 is 21.2 Å². The molecule has 0 aromatic heterocycles. The van der Waals surface area contributed by atoms with Gasteiger partial charge in [-0.15, -0.1) is 12.6 Å². The summed E-state index contributed by atoms with van der Waals surface area (Å²) in [6.07, 6.45) is 0. The van der Waals surface area contributed by atoms with Crippen LogP contribution in [0.2, 0.25) is 0 Å². The predicted molar refractivity (Wildman–Crippen MR) is 33.8 cm³/mol. The zero-order valence-electron chi connectivity index (χ0n) is 3.89. The molecule has 0 heterocycles. The van der Waals surface area contributed by atoms with Gasteiger partial charge in [0.25, 0.3) is 0 Å². The summed E-state index contributed by atoms with van der Waals surface area (Å²) in [6.45, 7) is 3.58. The standard InChI is InChI=1S/C3H9OPS/c1-3(4,6)5-2/h4-6H,1-2H3. The first-order valence-corrected chi connectivity index (χ1v) is 3.64. The Morgan fingerprint density at radius 3 is 2.00 bits per heavy atom. The number of rotatable bonds is 1. The van der Waals surface area contributed by atoms with E-state index >= 15 is 0 Å². The van der Waals surface area contributed by atoms with Gasteiger partial charge < -0.3 is 5.11 Å². The van der Waals surface area contributed by atoms with E-state index in [1.165, 1.54) is 0 Å². The SMILES string of the molecule is CPC(C)(O)S. The Balaban J connectivity index is 3.17. The summed E-state index contributed by atoms with van der Waals surface area (Å²) >= 11 is 3.82. The van der Waals surface area contributed by atoms with Crippen molar-refractivity contribution in [2.24, 2.45) is 0 Å². The van der Waals surface area contributed by atoms with Crippen LogP contribution in [0.25, 0.3) is 0 Å². The van der Waals surface area contributed by atoms with Crippen molar-refractivity contribution in [1.29, 1.82) is 0 Å². The van der Waals surface area contributed by atoms with Gasteiger partial charge in [-0.05, 0) is 13.6 Å². The molecule has 0 aromatic carbocycles. The van der Waals surface area contributed by atoms with Crippen molar-refractivity contribution in [2.45, 2.75) is 11.6 Å². The van der Waals surface area contributed by atoms with E-state index in [0.717, 1.165) is 0 Å². The third-order valence-electron chi connectivity index (χ3n) is 0.474. The average Bonchev–Trinajstić information content (AvgIpc) is 1.35. The number of aliphatic hydroxyl groups is 1. The highest BCUT2D eigenvalue weighted by Crippen LogP contribution is 2.27. The Labute approximate surface area is 45.3 Å². The fourth-order valence-electron chi connectivity index (χ4n) is 0. The third kappa shape index (κ3) is 4.74. The monoisotopic (exact) mass is 124 g/mol. The minimum absolute atomic E-state index is 0.487. The Morgan fingerprint density at radius 1 is 1.83 bits per heavy atom. The topological polar surface area (TPSA) is 20.2 Å². The van der Waals surface area contributed by atoms with Crippen LogP contribution < -0.4 is 0 Å². The molecule has 0 fully saturated rings. The van der Waals surface area contributed by atoms with Gasteiger partial charge in [-0.3, -0.25) is 0 Å². The van der Waals surface area contributed by atoms with Crippen LogP contribution in [0.1, 0.15) is 6.92 Å². The molecule has 0 aliphatic heterocycles. The predicted octanol–water partition coefficient (Wildman–Crippen LogP) is 0.890. The van der Waals surface area contributed by atoms with Gasteiger partial charge in [0.1, 0.15) is 4.67 Å². The van der Waals surface area contributed by atoms with Crippen molar-refractivity contribution < 1.29 is 5.11 Å². The fourth-order valence-corrected chi connectivity index (χ4v) is 0. The van der Waals surface area contributed by atoms with Gasteiger partial charge in [0, 0.05) is 0 Å². The molecule has 1 nitrogen and oxygen atoms in total. The molecule has 0 aromatic rings. The summed E-state index contributed by atoms with van der Waals surface area (Å²) in [4.78, 5) is 0. The highest BCUT2D eigenvalue weighted by molar-refractivity contribution is 7.88. The largest absolute Gasteiger partial charge is 0.377 e. The molecule has 0 saturated carbocycles. The van der Waals surface area contributed by atoms with Crippen LogP contribution in [0.15, 0.2) is 0 Å². The number of hydrogen-bond donors (Lipinski definition) is 2. The van der Waals surface area contributed by atoms with Crippen LogP contribution in [0, 0.1) is 0 Å². The molecule has 0 radical (unpaired) electrons. The normalized spacial score (nSPS) is 22.0. The van der Waals surface area contributed by atoms with Gasteiger partial charge in [-0.25, -0.2) is 0 Å². The maximum absolute atomic E-state index is 8.70. The first-order chi connectivity index (χ1) is 2.56. The first kappa shape index (κ1) is 6.74. The lowest BCUT2D eigenvalue weighted by molar-refractivity contribution is 0.250. The van der Waals surface area contributed by atoms with E-state index in [1.54, 1.807) is 6.92 Å². The van der Waals surface area contributed by atoms with Crippen molar-refractivity contribution in [3.05, 3.63) is 0 Å². The Morgan fingerprint density at radius 2 is 2.00 bits per heavy atom. The lowest BCUT2D eigenvalue weighted by Gasteiger charge is -2.10. The van der Waals surface area contributed by atoms with E-state index in [4.69, 9.17) is 5.11 Å². The Hall–Kier alpha value is 0.740. The highest BCUT2D eigenvalue weighted by Gasteiger charge is 2.06. The molecule has 6 heavy (non-hydrogen) atoms. The molecule has 38 valence electrons. The molecule has 0 amide bonds. The van der Waals surface area contributed by atoms with Crippen molar-refractivity contribution in [2.75, 3.05) is 6.66 Å². The summed E-state index contributed by atoms with van der Waals surface area (Å²) in [5.41, 5.74) is 0. The lowest BCUT2D eigenvalue weighted by Crippen LogP contribution is -2.03. The second-order valence-electron chi connectivity index (χ2n) is 1.27.